The zero-order valence-corrected chi connectivity index (χ0v) is 16.4. The lowest BCUT2D eigenvalue weighted by molar-refractivity contribution is -0.131. The van der Waals surface area contributed by atoms with Crippen LogP contribution in [0.25, 0.3) is 0 Å². The van der Waals surface area contributed by atoms with Gasteiger partial charge in [-0.05, 0) is 54.0 Å². The van der Waals surface area contributed by atoms with E-state index in [1.54, 1.807) is 42.5 Å². The normalized spacial score (nSPS) is 11.1. The molecule has 0 aliphatic rings. The van der Waals surface area contributed by atoms with E-state index >= 15 is 0 Å². The van der Waals surface area contributed by atoms with Crippen LogP contribution in [0.3, 0.4) is 0 Å². The van der Waals surface area contributed by atoms with E-state index in [9.17, 15) is 14.4 Å². The van der Waals surface area contributed by atoms with Crippen molar-refractivity contribution in [3.63, 3.8) is 0 Å². The van der Waals surface area contributed by atoms with Crippen LogP contribution in [0.5, 0.6) is 5.75 Å². The molecule has 0 bridgehead atoms. The Labute approximate surface area is 164 Å². The predicted octanol–water partition coefficient (Wildman–Crippen LogP) is 4.41. The lowest BCUT2D eigenvalue weighted by Crippen LogP contribution is -2.13. The number of benzene rings is 2. The minimum atomic E-state index is -0.451. The molecular formula is C22H24N2O4. The first kappa shape index (κ1) is 20.9. The molecule has 2 N–H and O–H groups in total. The minimum absolute atomic E-state index is 0.0712. The van der Waals surface area contributed by atoms with Gasteiger partial charge in [0, 0.05) is 23.9 Å². The Morgan fingerprint density at radius 3 is 2.11 bits per heavy atom. The number of hydrogen-bond donors (Lipinski definition) is 2. The quantitative estimate of drug-likeness (QED) is 0.457. The van der Waals surface area contributed by atoms with E-state index in [-0.39, 0.29) is 17.2 Å². The Bertz CT molecular complexity index is 893. The Morgan fingerprint density at radius 2 is 1.54 bits per heavy atom. The van der Waals surface area contributed by atoms with E-state index in [0.29, 0.717) is 22.7 Å². The van der Waals surface area contributed by atoms with Crippen LogP contribution in [-0.2, 0) is 9.59 Å². The summed E-state index contributed by atoms with van der Waals surface area (Å²) < 4.78 is 4.98. The molecule has 0 aliphatic heterocycles. The summed E-state index contributed by atoms with van der Waals surface area (Å²) in [7, 11) is 0. The maximum absolute atomic E-state index is 12.4. The van der Waals surface area contributed by atoms with Gasteiger partial charge in [-0.2, -0.15) is 0 Å². The summed E-state index contributed by atoms with van der Waals surface area (Å²) in [5, 5.41) is 5.52. The molecule has 2 aromatic rings. The summed E-state index contributed by atoms with van der Waals surface area (Å²) in [6.07, 6.45) is 3.34. The molecule has 6 nitrogen and oxygen atoms in total. The van der Waals surface area contributed by atoms with E-state index in [1.807, 2.05) is 26.8 Å². The molecule has 0 heterocycles. The third-order valence-electron chi connectivity index (χ3n) is 3.50. The van der Waals surface area contributed by atoms with Gasteiger partial charge in [-0.3, -0.25) is 14.4 Å². The van der Waals surface area contributed by atoms with Crippen LogP contribution >= 0.6 is 0 Å². The highest BCUT2D eigenvalue weighted by Crippen LogP contribution is 2.18. The summed E-state index contributed by atoms with van der Waals surface area (Å²) in [4.78, 5) is 35.3. The molecule has 2 rings (SSSR count). The molecular weight excluding hydrogens is 356 g/mol. The van der Waals surface area contributed by atoms with Crippen molar-refractivity contribution in [2.45, 2.75) is 27.7 Å². The summed E-state index contributed by atoms with van der Waals surface area (Å²) in [6.45, 7) is 7.33. The minimum Gasteiger partial charge on any atom is -0.427 e. The van der Waals surface area contributed by atoms with E-state index in [1.165, 1.54) is 19.1 Å². The maximum Gasteiger partial charge on any atom is 0.308 e. The van der Waals surface area contributed by atoms with E-state index in [0.717, 1.165) is 0 Å². The van der Waals surface area contributed by atoms with Gasteiger partial charge < -0.3 is 15.4 Å². The summed E-state index contributed by atoms with van der Waals surface area (Å²) >= 11 is 0. The Balaban J connectivity index is 1.98. The van der Waals surface area contributed by atoms with Crippen molar-refractivity contribution in [1.29, 1.82) is 0 Å². The van der Waals surface area contributed by atoms with Gasteiger partial charge in [-0.1, -0.05) is 32.9 Å². The van der Waals surface area contributed by atoms with Crippen LogP contribution < -0.4 is 15.4 Å². The van der Waals surface area contributed by atoms with Crippen molar-refractivity contribution < 1.29 is 19.1 Å². The highest BCUT2D eigenvalue weighted by atomic mass is 16.5. The first-order chi connectivity index (χ1) is 13.1. The number of rotatable bonds is 5. The number of anilines is 2. The van der Waals surface area contributed by atoms with Gasteiger partial charge in [0.2, 0.25) is 5.91 Å². The molecule has 0 saturated heterocycles. The number of ether oxygens (including phenoxy) is 1. The van der Waals surface area contributed by atoms with Crippen molar-refractivity contribution in [2.24, 2.45) is 5.41 Å². The number of carbonyl (C=O) groups is 3. The van der Waals surface area contributed by atoms with Crippen molar-refractivity contribution in [2.75, 3.05) is 10.6 Å². The Morgan fingerprint density at radius 1 is 0.929 bits per heavy atom. The van der Waals surface area contributed by atoms with Gasteiger partial charge in [-0.15, -0.1) is 0 Å². The number of nitrogens with one attached hydrogen (secondary N) is 2. The lowest BCUT2D eigenvalue weighted by Gasteiger charge is -2.11. The highest BCUT2D eigenvalue weighted by Gasteiger charge is 2.09. The summed E-state index contributed by atoms with van der Waals surface area (Å²) in [5.74, 6) is -0.693. The van der Waals surface area contributed by atoms with Crippen molar-refractivity contribution in [3.05, 3.63) is 66.2 Å². The highest BCUT2D eigenvalue weighted by molar-refractivity contribution is 6.05. The second kappa shape index (κ2) is 8.99. The number of esters is 1. The molecule has 6 heteroatoms. The molecule has 0 spiro atoms. The van der Waals surface area contributed by atoms with Gasteiger partial charge in [0.1, 0.15) is 5.75 Å². The maximum atomic E-state index is 12.4. The zero-order chi connectivity index (χ0) is 20.7. The average Bonchev–Trinajstić information content (AvgIpc) is 2.61. The summed E-state index contributed by atoms with van der Waals surface area (Å²) in [6, 6.07) is 13.1. The molecule has 28 heavy (non-hydrogen) atoms. The first-order valence-corrected chi connectivity index (χ1v) is 8.82. The molecule has 0 radical (unpaired) electrons. The Hall–Kier alpha value is -3.41. The fourth-order valence-electron chi connectivity index (χ4n) is 2.22. The van der Waals surface area contributed by atoms with E-state index in [2.05, 4.69) is 10.6 Å². The number of carbonyl (C=O) groups excluding carboxylic acids is 3. The molecule has 0 aliphatic carbocycles. The van der Waals surface area contributed by atoms with Crippen LogP contribution in [0, 0.1) is 5.41 Å². The zero-order valence-electron chi connectivity index (χ0n) is 16.4. The SMILES string of the molecule is CC(=O)Oc1cccc(C(=O)Nc2ccc(NC(=O)/C=C/C(C)(C)C)cc2)c1. The largest absolute Gasteiger partial charge is 0.427 e. The van der Waals surface area contributed by atoms with Crippen LogP contribution in [0.4, 0.5) is 11.4 Å². The van der Waals surface area contributed by atoms with Gasteiger partial charge in [0.15, 0.2) is 0 Å². The van der Waals surface area contributed by atoms with Gasteiger partial charge in [-0.25, -0.2) is 0 Å². The second-order valence-corrected chi connectivity index (χ2v) is 7.34. The monoisotopic (exact) mass is 380 g/mol. The molecule has 0 aromatic heterocycles. The fourth-order valence-corrected chi connectivity index (χ4v) is 2.22. The molecule has 0 atom stereocenters. The molecule has 0 fully saturated rings. The van der Waals surface area contributed by atoms with Crippen LogP contribution in [0.1, 0.15) is 38.1 Å². The standard InChI is InChI=1S/C22H24N2O4/c1-15(25)28-19-7-5-6-16(14-19)21(27)24-18-10-8-17(9-11-18)23-20(26)12-13-22(2,3)4/h5-14H,1-4H3,(H,23,26)(H,24,27)/b13-12+. The van der Waals surface area contributed by atoms with Crippen molar-refractivity contribution in [3.8, 4) is 5.75 Å². The average molecular weight is 380 g/mol. The lowest BCUT2D eigenvalue weighted by atomic mass is 9.96. The Kier molecular flexibility index (Phi) is 6.71. The fraction of sp³-hybridized carbons (Fsp3) is 0.227. The molecule has 0 unspecified atom stereocenters. The molecule has 2 amide bonds. The third kappa shape index (κ3) is 7.07. The topological polar surface area (TPSA) is 84.5 Å². The number of allylic oxidation sites excluding steroid dienone is 1. The van der Waals surface area contributed by atoms with Crippen LogP contribution in [0.15, 0.2) is 60.7 Å². The van der Waals surface area contributed by atoms with Crippen molar-refractivity contribution >= 4 is 29.2 Å². The van der Waals surface area contributed by atoms with E-state index in [4.69, 9.17) is 4.74 Å². The second-order valence-electron chi connectivity index (χ2n) is 7.34. The molecule has 2 aromatic carbocycles. The molecule has 0 saturated carbocycles. The molecule has 146 valence electrons. The van der Waals surface area contributed by atoms with Gasteiger partial charge in [0.05, 0.1) is 0 Å². The number of amides is 2. The number of hydrogen-bond acceptors (Lipinski definition) is 4. The third-order valence-corrected chi connectivity index (χ3v) is 3.50. The van der Waals surface area contributed by atoms with Crippen LogP contribution in [-0.4, -0.2) is 17.8 Å². The van der Waals surface area contributed by atoms with Crippen LogP contribution in [0.2, 0.25) is 0 Å². The first-order valence-electron chi connectivity index (χ1n) is 8.82. The van der Waals surface area contributed by atoms with E-state index < -0.39 is 5.97 Å². The predicted molar refractivity (Wildman–Crippen MR) is 109 cm³/mol. The summed E-state index contributed by atoms with van der Waals surface area (Å²) in [5.41, 5.74) is 1.49. The van der Waals surface area contributed by atoms with Gasteiger partial charge in [0.25, 0.3) is 5.91 Å². The van der Waals surface area contributed by atoms with Gasteiger partial charge >= 0.3 is 5.97 Å². The van der Waals surface area contributed by atoms with Crippen molar-refractivity contribution in [1.82, 2.24) is 0 Å². The smallest absolute Gasteiger partial charge is 0.308 e.